The van der Waals surface area contributed by atoms with Crippen LogP contribution in [0.15, 0.2) is 0 Å². The van der Waals surface area contributed by atoms with E-state index in [2.05, 4.69) is 0 Å². The van der Waals surface area contributed by atoms with Gasteiger partial charge in [0.2, 0.25) is 0 Å². The zero-order valence-corrected chi connectivity index (χ0v) is 3.85. The molecular weight excluding hydrogens is 150 g/mol. The molecule has 0 aromatic rings. The van der Waals surface area contributed by atoms with Crippen molar-refractivity contribution >= 4 is 0 Å². The Morgan fingerprint density at radius 1 is 0.889 bits per heavy atom. The number of hydrogen-bond acceptors (Lipinski definition) is 0. The Balaban J connectivity index is 4.23. The molecule has 0 atom stereocenters. The van der Waals surface area contributed by atoms with Crippen molar-refractivity contribution in [3.05, 3.63) is 0 Å². The van der Waals surface area contributed by atoms with Gasteiger partial charge in [-0.3, -0.25) is 0 Å². The number of halogens is 6. The average Bonchev–Trinajstić information content (AvgIpc) is 1.59. The normalized spacial score (nSPS) is 16.1. The fourth-order valence-electron chi connectivity index (χ4n) is 0.186. The first kappa shape index (κ1) is 6.70. The van der Waals surface area contributed by atoms with E-state index < -0.39 is 18.7 Å². The molecular formula is C3H2F6. The van der Waals surface area contributed by atoms with E-state index in [4.69, 9.17) is 1.37 Å². The number of hydrogen-bond donors (Lipinski definition) is 0. The lowest BCUT2D eigenvalue weighted by molar-refractivity contribution is -0.232. The number of rotatable bonds is 0. The van der Waals surface area contributed by atoms with Gasteiger partial charge < -0.3 is 0 Å². The van der Waals surface area contributed by atoms with Crippen molar-refractivity contribution in [3.8, 4) is 0 Å². The number of alkyl halides is 6. The largest absolute Gasteiger partial charge is 0.397 e. The maximum Gasteiger partial charge on any atom is 0.397 e. The Bertz CT molecular complexity index is 97.1. The minimum Gasteiger partial charge on any atom is -0.171 e. The molecule has 0 fully saturated rings. The van der Waals surface area contributed by atoms with E-state index in [1.165, 1.54) is 0 Å². The molecule has 0 nitrogen and oxygen atoms in total. The van der Waals surface area contributed by atoms with Gasteiger partial charge in [0.05, 0.1) is 0 Å². The van der Waals surface area contributed by atoms with Crippen LogP contribution >= 0.6 is 0 Å². The molecule has 0 aromatic heterocycles. The molecule has 0 N–H and O–H groups in total. The molecule has 0 heterocycles. The van der Waals surface area contributed by atoms with Gasteiger partial charge in [-0.15, -0.1) is 0 Å². The van der Waals surface area contributed by atoms with Crippen LogP contribution in [0.3, 0.4) is 0 Å². The molecule has 0 saturated heterocycles. The summed E-state index contributed by atoms with van der Waals surface area (Å²) in [5.41, 5.74) is 0. The van der Waals surface area contributed by atoms with Crippen molar-refractivity contribution in [1.29, 1.82) is 0 Å². The lowest BCUT2D eigenvalue weighted by atomic mass is 10.4. The maximum absolute atomic E-state index is 11.0. The molecule has 0 spiro atoms. The first-order valence-electron chi connectivity index (χ1n) is 2.29. The van der Waals surface area contributed by atoms with E-state index in [1.807, 2.05) is 0 Å². The Hall–Kier alpha value is -0.420. The average molecular weight is 153 g/mol. The predicted molar refractivity (Wildman–Crippen MR) is 16.7 cm³/mol. The molecule has 0 saturated carbocycles. The van der Waals surface area contributed by atoms with Gasteiger partial charge in [-0.2, -0.15) is 26.3 Å². The van der Waals surface area contributed by atoms with E-state index in [1.54, 1.807) is 0 Å². The summed E-state index contributed by atoms with van der Waals surface area (Å²) in [6.45, 7) is 0. The Labute approximate surface area is 47.9 Å². The van der Waals surface area contributed by atoms with Crippen LogP contribution in [0.4, 0.5) is 26.3 Å². The van der Waals surface area contributed by atoms with Crippen LogP contribution in [-0.4, -0.2) is 12.4 Å². The van der Waals surface area contributed by atoms with E-state index in [9.17, 15) is 26.3 Å². The van der Waals surface area contributed by atoms with Crippen LogP contribution in [0.5, 0.6) is 0 Å². The van der Waals surface area contributed by atoms with Crippen LogP contribution in [0.25, 0.3) is 0 Å². The minimum absolute atomic E-state index is 3.99. The Morgan fingerprint density at radius 2 is 1.11 bits per heavy atom. The van der Waals surface area contributed by atoms with Gasteiger partial charge in [-0.05, 0) is 0 Å². The van der Waals surface area contributed by atoms with Gasteiger partial charge in [0.15, 0.2) is 0 Å². The highest BCUT2D eigenvalue weighted by Crippen LogP contribution is 2.31. The molecule has 0 rings (SSSR count). The third-order valence-corrected chi connectivity index (χ3v) is 0.327. The second kappa shape index (κ2) is 2.07. The third kappa shape index (κ3) is 7.58. The molecule has 0 bridgehead atoms. The summed E-state index contributed by atoms with van der Waals surface area (Å²) in [6.07, 6.45) is -15.0. The van der Waals surface area contributed by atoms with Crippen LogP contribution in [0.1, 0.15) is 7.77 Å². The summed E-state index contributed by atoms with van der Waals surface area (Å²) in [5.74, 6) is 0. The third-order valence-electron chi connectivity index (χ3n) is 0.327. The van der Waals surface area contributed by atoms with Crippen LogP contribution < -0.4 is 0 Å². The summed E-state index contributed by atoms with van der Waals surface area (Å²) in [6, 6.07) is 0. The van der Waals surface area contributed by atoms with Gasteiger partial charge in [0.1, 0.15) is 6.40 Å². The Kier molecular flexibility index (Phi) is 1.54. The minimum atomic E-state index is -5.52. The van der Waals surface area contributed by atoms with Gasteiger partial charge in [0, 0.05) is 1.37 Å². The van der Waals surface area contributed by atoms with Gasteiger partial charge in [-0.1, -0.05) is 0 Å². The molecule has 9 heavy (non-hydrogen) atoms. The highest BCUT2D eigenvalue weighted by molar-refractivity contribution is 4.57. The molecule has 0 aliphatic heterocycles. The molecule has 0 aliphatic rings. The highest BCUT2D eigenvalue weighted by atomic mass is 19.4. The fourth-order valence-corrected chi connectivity index (χ4v) is 0.186. The monoisotopic (exact) mass is 153 g/mol. The molecule has 0 radical (unpaired) electrons. The Morgan fingerprint density at radius 3 is 1.11 bits per heavy atom. The summed E-state index contributed by atoms with van der Waals surface area (Å²) in [5, 5.41) is 0. The fraction of sp³-hybridized carbons (Fsp3) is 1.00. The molecule has 56 valence electrons. The van der Waals surface area contributed by atoms with Crippen molar-refractivity contribution in [2.45, 2.75) is 18.7 Å². The zero-order chi connectivity index (χ0) is 8.58. The second-order valence-corrected chi connectivity index (χ2v) is 1.23. The zero-order valence-electron chi connectivity index (χ0n) is 4.85. The smallest absolute Gasteiger partial charge is 0.171 e. The second-order valence-electron chi connectivity index (χ2n) is 1.23. The van der Waals surface area contributed by atoms with Crippen molar-refractivity contribution in [1.82, 2.24) is 0 Å². The van der Waals surface area contributed by atoms with Crippen molar-refractivity contribution in [2.24, 2.45) is 0 Å². The van der Waals surface area contributed by atoms with Gasteiger partial charge >= 0.3 is 12.4 Å². The molecule has 0 unspecified atom stereocenters. The first-order valence-corrected chi connectivity index (χ1v) is 1.71. The predicted octanol–water partition coefficient (Wildman–Crippen LogP) is 2.50. The molecule has 6 heteroatoms. The van der Waals surface area contributed by atoms with Gasteiger partial charge in [0.25, 0.3) is 0 Å². The van der Waals surface area contributed by atoms with E-state index in [0.717, 1.165) is 0 Å². The van der Waals surface area contributed by atoms with E-state index >= 15 is 0 Å². The van der Waals surface area contributed by atoms with Gasteiger partial charge in [-0.25, -0.2) is 0 Å². The topological polar surface area (TPSA) is 0 Å². The van der Waals surface area contributed by atoms with Crippen molar-refractivity contribution in [2.75, 3.05) is 0 Å². The highest BCUT2D eigenvalue weighted by Gasteiger charge is 2.43. The lowest BCUT2D eigenvalue weighted by Crippen LogP contribution is -2.20. The van der Waals surface area contributed by atoms with Crippen LogP contribution in [-0.2, 0) is 0 Å². The SMILES string of the molecule is [2H]C(C(F)(F)F)C(F)(F)F. The van der Waals surface area contributed by atoms with Crippen LogP contribution in [0.2, 0.25) is 0 Å². The maximum atomic E-state index is 11.0. The lowest BCUT2D eigenvalue weighted by Gasteiger charge is -2.08. The van der Waals surface area contributed by atoms with E-state index in [0.29, 0.717) is 0 Å². The quantitative estimate of drug-likeness (QED) is 0.469. The standard InChI is InChI=1S/C3H2F6/c4-2(5,6)1-3(7,8)9/h1H2/i1D. The van der Waals surface area contributed by atoms with Crippen molar-refractivity contribution in [3.63, 3.8) is 0 Å². The first-order chi connectivity index (χ1) is 4.15. The summed E-state index contributed by atoms with van der Waals surface area (Å²) < 4.78 is 71.9. The molecule has 0 aromatic carbocycles. The summed E-state index contributed by atoms with van der Waals surface area (Å²) >= 11 is 0. The van der Waals surface area contributed by atoms with Crippen molar-refractivity contribution < 1.29 is 27.7 Å². The summed E-state index contributed by atoms with van der Waals surface area (Å²) in [7, 11) is 0. The molecule has 0 aliphatic carbocycles. The van der Waals surface area contributed by atoms with E-state index in [-0.39, 0.29) is 0 Å². The molecule has 0 amide bonds. The van der Waals surface area contributed by atoms with Crippen LogP contribution in [0, 0.1) is 0 Å². The summed E-state index contributed by atoms with van der Waals surface area (Å²) in [4.78, 5) is 0.